The van der Waals surface area contributed by atoms with Crippen molar-refractivity contribution in [2.45, 2.75) is 42.4 Å². The first-order valence-electron chi connectivity index (χ1n) is 17.5. The maximum absolute atomic E-state index is 12.5. The monoisotopic (exact) mass is 803 g/mol. The Labute approximate surface area is 321 Å². The maximum Gasteiger partial charge on any atom is 0.409 e. The summed E-state index contributed by atoms with van der Waals surface area (Å²) in [6.07, 6.45) is 10.3. The van der Waals surface area contributed by atoms with E-state index in [0.29, 0.717) is 52.3 Å². The quantitative estimate of drug-likeness (QED) is 0.0616. The summed E-state index contributed by atoms with van der Waals surface area (Å²) in [4.78, 5) is 21.5. The van der Waals surface area contributed by atoms with Gasteiger partial charge in [-0.25, -0.2) is 4.79 Å². The molecule has 2 heterocycles. The fourth-order valence-electron chi connectivity index (χ4n) is 6.39. The zero-order valence-electron chi connectivity index (χ0n) is 29.7. The highest BCUT2D eigenvalue weighted by atomic mass is 32.2. The van der Waals surface area contributed by atoms with Gasteiger partial charge in [-0.3, -0.25) is 9.11 Å². The van der Waals surface area contributed by atoms with E-state index in [9.17, 15) is 26.2 Å². The third-order valence-corrected chi connectivity index (χ3v) is 12.6. The second-order valence-corrected chi connectivity index (χ2v) is 18.1. The van der Waals surface area contributed by atoms with Crippen LogP contribution in [0.15, 0.2) is 116 Å². The first-order chi connectivity index (χ1) is 25.3. The molecule has 0 bridgehead atoms. The normalized spacial score (nSPS) is 18.1. The summed E-state index contributed by atoms with van der Waals surface area (Å²) in [6.45, 7) is 9.78. The molecule has 2 aromatic rings. The third kappa shape index (κ3) is 12.0. The van der Waals surface area contributed by atoms with Gasteiger partial charge in [0.05, 0.1) is 40.3 Å². The number of nitrogens with two attached hydrogens (primary N) is 1. The summed E-state index contributed by atoms with van der Waals surface area (Å²) < 4.78 is 68.8. The zero-order chi connectivity index (χ0) is 38.0. The summed E-state index contributed by atoms with van der Waals surface area (Å²) in [5.41, 5.74) is 5.44. The van der Waals surface area contributed by atoms with E-state index in [4.69, 9.17) is 9.29 Å². The van der Waals surface area contributed by atoms with Crippen LogP contribution in [0, 0.1) is 0 Å². The zero-order valence-corrected chi connectivity index (χ0v) is 33.0. The molecule has 2 aliphatic heterocycles. The Morgan fingerprint density at radius 1 is 0.962 bits per heavy atom. The van der Waals surface area contributed by atoms with E-state index in [0.717, 1.165) is 49.6 Å². The number of quaternary nitrogens is 1. The summed E-state index contributed by atoms with van der Waals surface area (Å²) in [7, 11) is -8.06. The van der Waals surface area contributed by atoms with Gasteiger partial charge in [0.15, 0.2) is 0 Å². The van der Waals surface area contributed by atoms with Gasteiger partial charge in [0.25, 0.3) is 20.2 Å². The molecular formula is C37H47N4O8S4+. The lowest BCUT2D eigenvalue weighted by molar-refractivity contribution is -0.573. The van der Waals surface area contributed by atoms with Gasteiger partial charge in [0, 0.05) is 60.7 Å². The lowest BCUT2D eigenvalue weighted by Crippen LogP contribution is -2.78. The van der Waals surface area contributed by atoms with Crippen molar-refractivity contribution in [1.82, 2.24) is 9.80 Å². The highest BCUT2D eigenvalue weighted by Crippen LogP contribution is 2.46. The van der Waals surface area contributed by atoms with Gasteiger partial charge in [-0.1, -0.05) is 66.5 Å². The van der Waals surface area contributed by atoms with Crippen LogP contribution in [0.25, 0.3) is 0 Å². The number of rotatable bonds is 16. The molecule has 286 valence electrons. The minimum atomic E-state index is -4.07. The van der Waals surface area contributed by atoms with Gasteiger partial charge in [0.2, 0.25) is 0 Å². The molecule has 1 amide bonds. The van der Waals surface area contributed by atoms with Crippen molar-refractivity contribution in [2.75, 3.05) is 62.3 Å². The van der Waals surface area contributed by atoms with Crippen LogP contribution in [-0.2, 0) is 25.0 Å². The molecule has 0 atom stereocenters. The van der Waals surface area contributed by atoms with E-state index in [1.165, 1.54) is 22.9 Å². The smallest absolute Gasteiger partial charge is 0.409 e. The van der Waals surface area contributed by atoms with Crippen LogP contribution < -0.4 is 10.2 Å². The highest BCUT2D eigenvalue weighted by molar-refractivity contribution is 8.03. The number of fused-ring (bicyclic) bond motifs is 1. The van der Waals surface area contributed by atoms with E-state index in [-0.39, 0.29) is 24.0 Å². The number of carbonyl (C=O) groups excluding carboxylic acids is 1. The Morgan fingerprint density at radius 2 is 1.66 bits per heavy atom. The summed E-state index contributed by atoms with van der Waals surface area (Å²) in [5, 5.41) is 2.95. The number of hydrogen-bond donors (Lipinski definition) is 3. The molecule has 0 spiro atoms. The molecule has 16 heteroatoms. The predicted octanol–water partition coefficient (Wildman–Crippen LogP) is 5.80. The Hall–Kier alpha value is -3.51. The van der Waals surface area contributed by atoms with Crippen molar-refractivity contribution in [3.63, 3.8) is 0 Å². The second kappa shape index (κ2) is 18.7. The number of piperazine rings is 1. The minimum absolute atomic E-state index is 0.279. The molecule has 12 nitrogen and oxygen atoms in total. The molecule has 53 heavy (non-hydrogen) atoms. The van der Waals surface area contributed by atoms with Crippen molar-refractivity contribution < 1.29 is 40.8 Å². The standard InChI is InChI=1S/C37H46N4O8S4/c1-3-49-37(42)40-24-22-39(23-25-40)36-29(15-14-28(2)50-33-12-6-4-10-31(33)38-20-8-26-52(43,44)45)16-17-30(36)18-19-35-41(21-9-27-53(46,47)48)32-11-5-7-13-34(32)51-35/h4-7,10-15,18-19,38H,2-3,8-9,16-17,20-27H2,1H3,(H,43,44,45)(H,46,47,48)/p+1. The van der Waals surface area contributed by atoms with Crippen LogP contribution in [0.5, 0.6) is 0 Å². The fraction of sp³-hybridized carbons (Fsp3) is 0.378. The van der Waals surface area contributed by atoms with Crippen molar-refractivity contribution in [3.8, 4) is 0 Å². The van der Waals surface area contributed by atoms with Crippen molar-refractivity contribution in [2.24, 2.45) is 0 Å². The number of hydrogen-bond acceptors (Lipinski definition) is 10. The van der Waals surface area contributed by atoms with Crippen LogP contribution in [0.4, 0.5) is 16.2 Å². The van der Waals surface area contributed by atoms with E-state index >= 15 is 0 Å². The molecule has 5 rings (SSSR count). The van der Waals surface area contributed by atoms with Crippen LogP contribution in [0.3, 0.4) is 0 Å². The van der Waals surface area contributed by atoms with Gasteiger partial charge in [-0.15, -0.1) is 0 Å². The molecule has 0 unspecified atom stereocenters. The van der Waals surface area contributed by atoms with Gasteiger partial charge in [0.1, 0.15) is 5.69 Å². The summed E-state index contributed by atoms with van der Waals surface area (Å²) in [5.74, 6) is -0.589. The number of carbonyl (C=O) groups is 1. The molecule has 1 saturated heterocycles. The molecule has 4 N–H and O–H groups in total. The third-order valence-electron chi connectivity index (χ3n) is 8.84. The second-order valence-electron chi connectivity index (χ2n) is 12.7. The molecule has 1 aliphatic carbocycles. The number of thioether (sulfide) groups is 2. The first kappa shape index (κ1) is 40.7. The summed E-state index contributed by atoms with van der Waals surface area (Å²) >= 11 is 3.16. The largest absolute Gasteiger partial charge is 0.450 e. The topological polar surface area (TPSA) is 161 Å². The molecular weight excluding hydrogens is 757 g/mol. The predicted molar refractivity (Wildman–Crippen MR) is 211 cm³/mol. The molecule has 2 aromatic carbocycles. The molecule has 1 fully saturated rings. The van der Waals surface area contributed by atoms with Gasteiger partial charge >= 0.3 is 6.09 Å². The van der Waals surface area contributed by atoms with Gasteiger partial charge in [-0.2, -0.15) is 16.8 Å². The Bertz CT molecular complexity index is 2000. The Balaban J connectivity index is 1.37. The van der Waals surface area contributed by atoms with Crippen LogP contribution in [-0.4, -0.2) is 99.2 Å². The Morgan fingerprint density at radius 3 is 2.40 bits per heavy atom. The minimum Gasteiger partial charge on any atom is -0.450 e. The van der Waals surface area contributed by atoms with Gasteiger partial charge in [-0.05, 0) is 67.7 Å². The maximum atomic E-state index is 12.5. The van der Waals surface area contributed by atoms with Gasteiger partial charge < -0.3 is 24.8 Å². The van der Waals surface area contributed by atoms with Crippen molar-refractivity contribution in [3.05, 3.63) is 106 Å². The lowest BCUT2D eigenvalue weighted by atomic mass is 10.1. The van der Waals surface area contributed by atoms with E-state index in [2.05, 4.69) is 34.6 Å². The Kier molecular flexibility index (Phi) is 14.3. The van der Waals surface area contributed by atoms with Crippen LogP contribution in [0.1, 0.15) is 32.6 Å². The number of anilines is 1. The molecule has 0 saturated carbocycles. The van der Waals surface area contributed by atoms with Crippen LogP contribution >= 0.6 is 23.5 Å². The number of ether oxygens (including phenoxy) is 1. The molecule has 0 aromatic heterocycles. The van der Waals surface area contributed by atoms with Crippen molar-refractivity contribution in [1.29, 1.82) is 0 Å². The average Bonchev–Trinajstić information content (AvgIpc) is 3.69. The SMILES string of the molecule is C=C(C=CC1=C(N2CCN(C(=O)OCC)CC2)C(=CC=C2Sc3ccccc3N2CCCS(=O)(=O)O)CC1)Sc1ccccc1[NH2+]CCCS(=O)(=O)O. The fourth-order valence-corrected chi connectivity index (χ4v) is 9.34. The van der Waals surface area contributed by atoms with Crippen molar-refractivity contribution >= 4 is 61.2 Å². The number of nitrogens with zero attached hydrogens (tertiary/aromatic N) is 3. The number of allylic oxidation sites excluding steroid dienone is 6. The number of amides is 1. The number of para-hydroxylation sites is 2. The molecule has 3 aliphatic rings. The lowest BCUT2D eigenvalue weighted by Gasteiger charge is -2.37. The summed E-state index contributed by atoms with van der Waals surface area (Å²) in [6, 6.07) is 15.9. The first-order valence-corrected chi connectivity index (χ1v) is 22.4. The van der Waals surface area contributed by atoms with E-state index in [1.54, 1.807) is 23.6 Å². The van der Waals surface area contributed by atoms with E-state index < -0.39 is 20.2 Å². The number of benzene rings is 2. The van der Waals surface area contributed by atoms with E-state index in [1.807, 2.05) is 59.9 Å². The van der Waals surface area contributed by atoms with Crippen LogP contribution in [0.2, 0.25) is 0 Å². The molecule has 0 radical (unpaired) electrons. The average molecular weight is 804 g/mol. The highest BCUT2D eigenvalue weighted by Gasteiger charge is 2.29.